The van der Waals surface area contributed by atoms with Gasteiger partial charge in [0.05, 0.1) is 19.3 Å². The standard InChI is InChI=1S/C13H16N2O4S/c1-14-20(16,17)13-8-7-10(19-13)9-15-11-5-3-4-6-12(11)18-2/h3-8,14-15H,9H2,1-2H3. The third-order valence-corrected chi connectivity index (χ3v) is 4.02. The zero-order chi connectivity index (χ0) is 14.6. The third kappa shape index (κ3) is 3.12. The van der Waals surface area contributed by atoms with E-state index in [1.165, 1.54) is 13.1 Å². The largest absolute Gasteiger partial charge is 0.495 e. The van der Waals surface area contributed by atoms with Crippen LogP contribution >= 0.6 is 0 Å². The normalized spacial score (nSPS) is 11.3. The number of anilines is 1. The molecule has 2 aromatic rings. The van der Waals surface area contributed by atoms with Crippen molar-refractivity contribution >= 4 is 15.7 Å². The van der Waals surface area contributed by atoms with Crippen molar-refractivity contribution in [1.82, 2.24) is 4.72 Å². The highest BCUT2D eigenvalue weighted by Gasteiger charge is 2.16. The van der Waals surface area contributed by atoms with Gasteiger partial charge in [-0.3, -0.25) is 0 Å². The van der Waals surface area contributed by atoms with E-state index in [0.717, 1.165) is 5.69 Å². The molecule has 108 valence electrons. The fourth-order valence-corrected chi connectivity index (χ4v) is 2.34. The zero-order valence-corrected chi connectivity index (χ0v) is 12.0. The molecule has 0 aliphatic rings. The summed E-state index contributed by atoms with van der Waals surface area (Å²) in [6, 6.07) is 10.5. The number of nitrogens with one attached hydrogen (secondary N) is 2. The number of methoxy groups -OCH3 is 1. The lowest BCUT2D eigenvalue weighted by Crippen LogP contribution is -2.17. The summed E-state index contributed by atoms with van der Waals surface area (Å²) >= 11 is 0. The van der Waals surface area contributed by atoms with Crippen molar-refractivity contribution in [2.75, 3.05) is 19.5 Å². The number of rotatable bonds is 6. The highest BCUT2D eigenvalue weighted by Crippen LogP contribution is 2.24. The van der Waals surface area contributed by atoms with Gasteiger partial charge in [-0.15, -0.1) is 0 Å². The molecule has 2 N–H and O–H groups in total. The Balaban J connectivity index is 2.09. The van der Waals surface area contributed by atoms with Gasteiger partial charge >= 0.3 is 0 Å². The van der Waals surface area contributed by atoms with Crippen LogP contribution in [0.25, 0.3) is 0 Å². The Morgan fingerprint density at radius 1 is 1.20 bits per heavy atom. The molecule has 0 aliphatic carbocycles. The molecule has 0 bridgehead atoms. The number of furan rings is 1. The average Bonchev–Trinajstić information content (AvgIpc) is 2.95. The van der Waals surface area contributed by atoms with Gasteiger partial charge in [0, 0.05) is 0 Å². The van der Waals surface area contributed by atoms with Crippen molar-refractivity contribution in [3.05, 3.63) is 42.2 Å². The molecule has 0 saturated heterocycles. The van der Waals surface area contributed by atoms with Gasteiger partial charge in [0.25, 0.3) is 10.0 Å². The molecule has 0 radical (unpaired) electrons. The summed E-state index contributed by atoms with van der Waals surface area (Å²) in [6.45, 7) is 0.361. The van der Waals surface area contributed by atoms with E-state index < -0.39 is 10.0 Å². The van der Waals surface area contributed by atoms with Gasteiger partial charge in [-0.25, -0.2) is 13.1 Å². The van der Waals surface area contributed by atoms with E-state index in [1.807, 2.05) is 24.3 Å². The van der Waals surface area contributed by atoms with Crippen LogP contribution in [0.3, 0.4) is 0 Å². The molecule has 0 spiro atoms. The Kier molecular flexibility index (Phi) is 4.31. The van der Waals surface area contributed by atoms with Crippen LogP contribution < -0.4 is 14.8 Å². The minimum atomic E-state index is -3.54. The summed E-state index contributed by atoms with van der Waals surface area (Å²) in [5, 5.41) is 3.03. The smallest absolute Gasteiger partial charge is 0.273 e. The molecule has 0 aliphatic heterocycles. The maximum absolute atomic E-state index is 11.5. The minimum absolute atomic E-state index is 0.100. The van der Waals surface area contributed by atoms with Crippen LogP contribution in [0.2, 0.25) is 0 Å². The molecule has 6 nitrogen and oxygen atoms in total. The number of hydrogen-bond donors (Lipinski definition) is 2. The van der Waals surface area contributed by atoms with E-state index in [0.29, 0.717) is 18.1 Å². The van der Waals surface area contributed by atoms with Gasteiger partial charge in [0.2, 0.25) is 5.09 Å². The molecule has 7 heteroatoms. The van der Waals surface area contributed by atoms with Crippen LogP contribution in [0.5, 0.6) is 5.75 Å². The summed E-state index contributed by atoms with van der Waals surface area (Å²) in [6.07, 6.45) is 0. The summed E-state index contributed by atoms with van der Waals surface area (Å²) in [4.78, 5) is 0. The van der Waals surface area contributed by atoms with Gasteiger partial charge in [0.15, 0.2) is 0 Å². The minimum Gasteiger partial charge on any atom is -0.495 e. The maximum atomic E-state index is 11.5. The molecule has 1 aromatic heterocycles. The Morgan fingerprint density at radius 2 is 1.95 bits per heavy atom. The van der Waals surface area contributed by atoms with E-state index in [-0.39, 0.29) is 5.09 Å². The van der Waals surface area contributed by atoms with Crippen LogP contribution in [0.4, 0.5) is 5.69 Å². The van der Waals surface area contributed by atoms with Crippen LogP contribution in [-0.4, -0.2) is 22.6 Å². The number of sulfonamides is 1. The molecular formula is C13H16N2O4S. The van der Waals surface area contributed by atoms with Gasteiger partial charge in [-0.1, -0.05) is 12.1 Å². The topological polar surface area (TPSA) is 80.6 Å². The second-order valence-electron chi connectivity index (χ2n) is 3.98. The molecule has 1 aromatic carbocycles. The van der Waals surface area contributed by atoms with E-state index >= 15 is 0 Å². The van der Waals surface area contributed by atoms with Crippen LogP contribution in [0.1, 0.15) is 5.76 Å². The van der Waals surface area contributed by atoms with Gasteiger partial charge in [0.1, 0.15) is 11.5 Å². The molecular weight excluding hydrogens is 280 g/mol. The predicted octanol–water partition coefficient (Wildman–Crippen LogP) is 1.81. The zero-order valence-electron chi connectivity index (χ0n) is 11.2. The monoisotopic (exact) mass is 296 g/mol. The second-order valence-corrected chi connectivity index (χ2v) is 5.80. The molecule has 0 amide bonds. The first-order valence-corrected chi connectivity index (χ1v) is 7.44. The Bertz CT molecular complexity index is 679. The molecule has 0 unspecified atom stereocenters. The lowest BCUT2D eigenvalue weighted by Gasteiger charge is -2.09. The van der Waals surface area contributed by atoms with Gasteiger partial charge in [-0.2, -0.15) is 0 Å². The lowest BCUT2D eigenvalue weighted by atomic mass is 10.3. The number of hydrogen-bond acceptors (Lipinski definition) is 5. The van der Waals surface area contributed by atoms with Crippen molar-refractivity contribution < 1.29 is 17.6 Å². The average molecular weight is 296 g/mol. The quantitative estimate of drug-likeness (QED) is 0.849. The number of ether oxygens (including phenoxy) is 1. The molecule has 0 atom stereocenters. The van der Waals surface area contributed by atoms with Crippen LogP contribution in [0, 0.1) is 0 Å². The second kappa shape index (κ2) is 5.98. The Labute approximate surface area is 117 Å². The fraction of sp³-hybridized carbons (Fsp3) is 0.231. The van der Waals surface area contributed by atoms with Crippen molar-refractivity contribution in [3.8, 4) is 5.75 Å². The van der Waals surface area contributed by atoms with E-state index in [2.05, 4.69) is 10.0 Å². The van der Waals surface area contributed by atoms with Crippen LogP contribution in [0.15, 0.2) is 45.9 Å². The SMILES string of the molecule is CNS(=O)(=O)c1ccc(CNc2ccccc2OC)o1. The van der Waals surface area contributed by atoms with E-state index in [1.54, 1.807) is 13.2 Å². The summed E-state index contributed by atoms with van der Waals surface area (Å²) in [7, 11) is -0.616. The molecule has 2 rings (SSSR count). The molecule has 0 fully saturated rings. The first-order chi connectivity index (χ1) is 9.56. The number of benzene rings is 1. The van der Waals surface area contributed by atoms with Crippen molar-refractivity contribution in [2.24, 2.45) is 0 Å². The highest BCUT2D eigenvalue weighted by atomic mass is 32.2. The van der Waals surface area contributed by atoms with E-state index in [4.69, 9.17) is 9.15 Å². The molecule has 20 heavy (non-hydrogen) atoms. The predicted molar refractivity (Wildman–Crippen MR) is 75.3 cm³/mol. The van der Waals surface area contributed by atoms with Crippen molar-refractivity contribution in [2.45, 2.75) is 11.6 Å². The molecule has 1 heterocycles. The van der Waals surface area contributed by atoms with Crippen molar-refractivity contribution in [1.29, 1.82) is 0 Å². The fourth-order valence-electron chi connectivity index (χ4n) is 1.67. The van der Waals surface area contributed by atoms with Gasteiger partial charge < -0.3 is 14.5 Å². The third-order valence-electron chi connectivity index (χ3n) is 2.73. The van der Waals surface area contributed by atoms with Crippen LogP contribution in [-0.2, 0) is 16.6 Å². The summed E-state index contributed by atoms with van der Waals surface area (Å²) in [5.41, 5.74) is 0.810. The summed E-state index contributed by atoms with van der Waals surface area (Å²) < 4.78 is 35.8. The first kappa shape index (κ1) is 14.4. The van der Waals surface area contributed by atoms with Gasteiger partial charge in [-0.05, 0) is 31.3 Å². The number of para-hydroxylation sites is 2. The highest BCUT2D eigenvalue weighted by molar-refractivity contribution is 7.89. The van der Waals surface area contributed by atoms with Crippen molar-refractivity contribution in [3.63, 3.8) is 0 Å². The lowest BCUT2D eigenvalue weighted by molar-refractivity contribution is 0.411. The molecule has 0 saturated carbocycles. The first-order valence-electron chi connectivity index (χ1n) is 5.96. The Morgan fingerprint density at radius 3 is 2.65 bits per heavy atom. The van der Waals surface area contributed by atoms with E-state index in [9.17, 15) is 8.42 Å². The maximum Gasteiger partial charge on any atom is 0.273 e. The Hall–Kier alpha value is -1.99. The summed E-state index contributed by atoms with van der Waals surface area (Å²) in [5.74, 6) is 1.23.